The summed E-state index contributed by atoms with van der Waals surface area (Å²) >= 11 is 0. The first-order chi connectivity index (χ1) is 6.91. The monoisotopic (exact) mass is 212 g/mol. The Labute approximate surface area is 95.4 Å². The van der Waals surface area contributed by atoms with Crippen LogP contribution in [-0.2, 0) is 0 Å². The van der Waals surface area contributed by atoms with E-state index in [1.165, 1.54) is 19.3 Å². The van der Waals surface area contributed by atoms with Gasteiger partial charge in [-0.05, 0) is 38.3 Å². The van der Waals surface area contributed by atoms with E-state index in [2.05, 4.69) is 45.1 Å². The lowest BCUT2D eigenvalue weighted by atomic mass is 9.92. The summed E-state index contributed by atoms with van der Waals surface area (Å²) in [5.74, 6) is 0.875. The summed E-state index contributed by atoms with van der Waals surface area (Å²) in [5, 5.41) is 3.75. The molecule has 0 saturated heterocycles. The topological polar surface area (TPSA) is 15.3 Å². The number of hydrogen-bond acceptors (Lipinski definition) is 2. The average molecular weight is 212 g/mol. The molecule has 0 aromatic rings. The molecule has 0 heterocycles. The van der Waals surface area contributed by atoms with Gasteiger partial charge in [-0.3, -0.25) is 0 Å². The Bertz CT molecular complexity index is 187. The lowest BCUT2D eigenvalue weighted by Crippen LogP contribution is -2.42. The van der Waals surface area contributed by atoms with Crippen molar-refractivity contribution in [1.29, 1.82) is 0 Å². The Morgan fingerprint density at radius 1 is 1.27 bits per heavy atom. The van der Waals surface area contributed by atoms with E-state index in [0.29, 0.717) is 5.41 Å². The first-order valence-electron chi connectivity index (χ1n) is 6.29. The van der Waals surface area contributed by atoms with Crippen molar-refractivity contribution in [3.05, 3.63) is 0 Å². The summed E-state index contributed by atoms with van der Waals surface area (Å²) in [7, 11) is 4.31. The molecule has 0 aromatic heterocycles. The molecular weight excluding hydrogens is 184 g/mol. The van der Waals surface area contributed by atoms with Gasteiger partial charge >= 0.3 is 0 Å². The third kappa shape index (κ3) is 4.52. The van der Waals surface area contributed by atoms with Crippen LogP contribution in [-0.4, -0.2) is 38.1 Å². The Balaban J connectivity index is 2.28. The summed E-state index contributed by atoms with van der Waals surface area (Å²) in [6.07, 6.45) is 4.19. The van der Waals surface area contributed by atoms with E-state index >= 15 is 0 Å². The van der Waals surface area contributed by atoms with Crippen LogP contribution in [0, 0.1) is 11.3 Å². The van der Waals surface area contributed by atoms with Crippen LogP contribution in [0.5, 0.6) is 0 Å². The number of hydrogen-bond donors (Lipinski definition) is 1. The first-order valence-corrected chi connectivity index (χ1v) is 6.29. The summed E-state index contributed by atoms with van der Waals surface area (Å²) in [5.41, 5.74) is 0.381. The second kappa shape index (κ2) is 5.31. The molecule has 0 radical (unpaired) electrons. The highest BCUT2D eigenvalue weighted by Gasteiger charge is 2.26. The van der Waals surface area contributed by atoms with Crippen LogP contribution in [0.25, 0.3) is 0 Å². The molecule has 2 atom stereocenters. The smallest absolute Gasteiger partial charge is 0.00929 e. The molecule has 2 nitrogen and oxygen atoms in total. The van der Waals surface area contributed by atoms with Gasteiger partial charge in [0.05, 0.1) is 0 Å². The second-order valence-electron chi connectivity index (χ2n) is 6.30. The van der Waals surface area contributed by atoms with Crippen molar-refractivity contribution < 1.29 is 0 Å². The van der Waals surface area contributed by atoms with E-state index in [9.17, 15) is 0 Å². The van der Waals surface area contributed by atoms with Crippen molar-refractivity contribution in [3.8, 4) is 0 Å². The van der Waals surface area contributed by atoms with Crippen LogP contribution in [0.15, 0.2) is 0 Å². The molecule has 1 N–H and O–H groups in total. The quantitative estimate of drug-likeness (QED) is 0.752. The van der Waals surface area contributed by atoms with Gasteiger partial charge in [0.2, 0.25) is 0 Å². The fourth-order valence-corrected chi connectivity index (χ4v) is 2.77. The SMILES string of the molecule is C[C@H]1CCC[C@@H]1NCC(C)(C)CN(C)C. The minimum atomic E-state index is 0.381. The van der Waals surface area contributed by atoms with Crippen LogP contribution in [0.2, 0.25) is 0 Å². The van der Waals surface area contributed by atoms with Gasteiger partial charge in [-0.15, -0.1) is 0 Å². The van der Waals surface area contributed by atoms with Crippen molar-refractivity contribution in [3.63, 3.8) is 0 Å². The zero-order valence-corrected chi connectivity index (χ0v) is 11.1. The fourth-order valence-electron chi connectivity index (χ4n) is 2.77. The molecule has 0 bridgehead atoms. The molecule has 0 aliphatic heterocycles. The molecular formula is C13H28N2. The third-order valence-electron chi connectivity index (χ3n) is 3.45. The van der Waals surface area contributed by atoms with Gasteiger partial charge < -0.3 is 10.2 Å². The van der Waals surface area contributed by atoms with Gasteiger partial charge in [0.1, 0.15) is 0 Å². The Morgan fingerprint density at radius 2 is 1.93 bits per heavy atom. The molecule has 2 heteroatoms. The van der Waals surface area contributed by atoms with Crippen molar-refractivity contribution in [2.75, 3.05) is 27.2 Å². The molecule has 1 aliphatic carbocycles. The molecule has 0 aromatic carbocycles. The van der Waals surface area contributed by atoms with E-state index in [-0.39, 0.29) is 0 Å². The van der Waals surface area contributed by atoms with Gasteiger partial charge in [-0.25, -0.2) is 0 Å². The maximum atomic E-state index is 3.75. The maximum Gasteiger partial charge on any atom is 0.00929 e. The van der Waals surface area contributed by atoms with Crippen molar-refractivity contribution in [2.45, 2.75) is 46.1 Å². The predicted molar refractivity (Wildman–Crippen MR) is 67.1 cm³/mol. The highest BCUT2D eigenvalue weighted by Crippen LogP contribution is 2.25. The molecule has 15 heavy (non-hydrogen) atoms. The van der Waals surface area contributed by atoms with Gasteiger partial charge in [-0.1, -0.05) is 27.2 Å². The normalized spacial score (nSPS) is 27.6. The Kier molecular flexibility index (Phi) is 4.60. The highest BCUT2D eigenvalue weighted by molar-refractivity contribution is 4.83. The zero-order valence-electron chi connectivity index (χ0n) is 11.1. The van der Waals surface area contributed by atoms with E-state index in [1.54, 1.807) is 0 Å². The van der Waals surface area contributed by atoms with Crippen molar-refractivity contribution >= 4 is 0 Å². The van der Waals surface area contributed by atoms with Gasteiger partial charge in [0.25, 0.3) is 0 Å². The standard InChI is InChI=1S/C13H28N2/c1-11-7-6-8-12(11)14-9-13(2,3)10-15(4)5/h11-12,14H,6-10H2,1-5H3/t11-,12-/m0/s1. The highest BCUT2D eigenvalue weighted by atomic mass is 15.1. The average Bonchev–Trinajstić information content (AvgIpc) is 2.45. The summed E-state index contributed by atoms with van der Waals surface area (Å²) in [6.45, 7) is 9.37. The molecule has 0 unspecified atom stereocenters. The van der Waals surface area contributed by atoms with E-state index in [0.717, 1.165) is 25.0 Å². The Morgan fingerprint density at radius 3 is 2.40 bits per heavy atom. The predicted octanol–water partition coefficient (Wildman–Crippen LogP) is 2.35. The van der Waals surface area contributed by atoms with E-state index < -0.39 is 0 Å². The van der Waals surface area contributed by atoms with Gasteiger partial charge in [-0.2, -0.15) is 0 Å². The summed E-state index contributed by atoms with van der Waals surface area (Å²) in [6, 6.07) is 0.770. The first kappa shape index (κ1) is 13.0. The van der Waals surface area contributed by atoms with Crippen LogP contribution in [0.4, 0.5) is 0 Å². The maximum absolute atomic E-state index is 3.75. The van der Waals surface area contributed by atoms with Crippen LogP contribution < -0.4 is 5.32 Å². The van der Waals surface area contributed by atoms with Crippen molar-refractivity contribution in [2.24, 2.45) is 11.3 Å². The van der Waals surface area contributed by atoms with Gasteiger partial charge in [0, 0.05) is 19.1 Å². The number of rotatable bonds is 5. The lowest BCUT2D eigenvalue weighted by Gasteiger charge is -2.31. The van der Waals surface area contributed by atoms with Crippen LogP contribution >= 0.6 is 0 Å². The summed E-state index contributed by atoms with van der Waals surface area (Å²) < 4.78 is 0. The molecule has 0 amide bonds. The second-order valence-corrected chi connectivity index (χ2v) is 6.30. The number of nitrogens with one attached hydrogen (secondary N) is 1. The molecule has 1 rings (SSSR count). The number of nitrogens with zero attached hydrogens (tertiary/aromatic N) is 1. The molecule has 1 fully saturated rings. The lowest BCUT2D eigenvalue weighted by molar-refractivity contribution is 0.220. The molecule has 1 aliphatic rings. The molecule has 0 spiro atoms. The molecule has 1 saturated carbocycles. The fraction of sp³-hybridized carbons (Fsp3) is 1.00. The van der Waals surface area contributed by atoms with E-state index in [4.69, 9.17) is 0 Å². The Hall–Kier alpha value is -0.0800. The van der Waals surface area contributed by atoms with Crippen LogP contribution in [0.1, 0.15) is 40.0 Å². The minimum Gasteiger partial charge on any atom is -0.313 e. The summed E-state index contributed by atoms with van der Waals surface area (Å²) in [4.78, 5) is 2.28. The van der Waals surface area contributed by atoms with Crippen LogP contribution in [0.3, 0.4) is 0 Å². The van der Waals surface area contributed by atoms with Gasteiger partial charge in [0.15, 0.2) is 0 Å². The largest absolute Gasteiger partial charge is 0.313 e. The third-order valence-corrected chi connectivity index (χ3v) is 3.45. The molecule has 90 valence electrons. The zero-order chi connectivity index (χ0) is 11.5. The van der Waals surface area contributed by atoms with Crippen molar-refractivity contribution in [1.82, 2.24) is 10.2 Å². The van der Waals surface area contributed by atoms with E-state index in [1.807, 2.05) is 0 Å². The minimum absolute atomic E-state index is 0.381.